The molecule has 2 atom stereocenters. The topological polar surface area (TPSA) is 70.4 Å². The Kier molecular flexibility index (Phi) is 5.08. The molecule has 1 aliphatic carbocycles. The highest BCUT2D eigenvalue weighted by Gasteiger charge is 2.33. The summed E-state index contributed by atoms with van der Waals surface area (Å²) in [5.41, 5.74) is 0.433. The largest absolute Gasteiger partial charge is 0.360 e. The molecule has 3 heterocycles. The summed E-state index contributed by atoms with van der Waals surface area (Å²) >= 11 is 0. The lowest BCUT2D eigenvalue weighted by atomic mass is 9.94. The summed E-state index contributed by atoms with van der Waals surface area (Å²) in [7, 11) is 0. The van der Waals surface area contributed by atoms with Crippen molar-refractivity contribution in [3.63, 3.8) is 0 Å². The van der Waals surface area contributed by atoms with Crippen LogP contribution >= 0.6 is 0 Å². The van der Waals surface area contributed by atoms with Crippen LogP contribution < -0.4 is 10.6 Å². The van der Waals surface area contributed by atoms with Gasteiger partial charge in [0.05, 0.1) is 0 Å². The minimum Gasteiger partial charge on any atom is -0.360 e. The van der Waals surface area contributed by atoms with E-state index in [2.05, 4.69) is 27.6 Å². The zero-order chi connectivity index (χ0) is 17.2. The number of carbonyl (C=O) groups excluding carboxylic acids is 1. The molecule has 1 saturated carbocycles. The summed E-state index contributed by atoms with van der Waals surface area (Å²) < 4.78 is 5.30. The van der Waals surface area contributed by atoms with Crippen molar-refractivity contribution in [3.8, 4) is 0 Å². The SMILES string of the molecule is C[C@H]1CN(CCC2CCNCC2)C[C@@H]1NC(=O)c1cc(C2CC2)on1. The summed E-state index contributed by atoms with van der Waals surface area (Å²) in [5, 5.41) is 10.6. The fraction of sp³-hybridized carbons (Fsp3) is 0.789. The molecule has 2 N–H and O–H groups in total. The molecule has 25 heavy (non-hydrogen) atoms. The van der Waals surface area contributed by atoms with Gasteiger partial charge in [-0.15, -0.1) is 0 Å². The summed E-state index contributed by atoms with van der Waals surface area (Å²) in [6.07, 6.45) is 6.20. The average molecular weight is 346 g/mol. The third kappa shape index (κ3) is 4.23. The normalized spacial score (nSPS) is 28.4. The highest BCUT2D eigenvalue weighted by molar-refractivity contribution is 5.92. The molecule has 3 fully saturated rings. The molecule has 1 amide bonds. The average Bonchev–Trinajstić information content (AvgIpc) is 3.25. The van der Waals surface area contributed by atoms with E-state index in [-0.39, 0.29) is 11.9 Å². The lowest BCUT2D eigenvalue weighted by Crippen LogP contribution is -2.40. The molecule has 1 aromatic rings. The summed E-state index contributed by atoms with van der Waals surface area (Å²) in [6, 6.07) is 2.03. The highest BCUT2D eigenvalue weighted by atomic mass is 16.5. The molecular weight excluding hydrogens is 316 g/mol. The Labute approximate surface area is 149 Å². The number of nitrogens with zero attached hydrogens (tertiary/aromatic N) is 2. The van der Waals surface area contributed by atoms with E-state index in [9.17, 15) is 4.79 Å². The number of hydrogen-bond acceptors (Lipinski definition) is 5. The van der Waals surface area contributed by atoms with E-state index in [0.717, 1.165) is 44.2 Å². The number of rotatable bonds is 6. The van der Waals surface area contributed by atoms with Gasteiger partial charge < -0.3 is 20.1 Å². The van der Waals surface area contributed by atoms with Gasteiger partial charge in [0.25, 0.3) is 5.91 Å². The molecule has 6 heteroatoms. The van der Waals surface area contributed by atoms with Gasteiger partial charge in [0, 0.05) is 31.1 Å². The first-order valence-electron chi connectivity index (χ1n) is 9.89. The van der Waals surface area contributed by atoms with Crippen molar-refractivity contribution in [2.45, 2.75) is 51.0 Å². The fourth-order valence-corrected chi connectivity index (χ4v) is 4.17. The van der Waals surface area contributed by atoms with E-state index in [4.69, 9.17) is 4.52 Å². The van der Waals surface area contributed by atoms with E-state index in [1.165, 1.54) is 32.4 Å². The van der Waals surface area contributed by atoms with Crippen molar-refractivity contribution in [1.82, 2.24) is 20.7 Å². The van der Waals surface area contributed by atoms with E-state index in [1.807, 2.05) is 6.07 Å². The van der Waals surface area contributed by atoms with Crippen LogP contribution in [0, 0.1) is 11.8 Å². The van der Waals surface area contributed by atoms with E-state index in [0.29, 0.717) is 17.5 Å². The lowest BCUT2D eigenvalue weighted by Gasteiger charge is -2.25. The van der Waals surface area contributed by atoms with Gasteiger partial charge in [0.2, 0.25) is 0 Å². The van der Waals surface area contributed by atoms with Gasteiger partial charge in [-0.2, -0.15) is 0 Å². The van der Waals surface area contributed by atoms with Crippen LogP contribution in [0.1, 0.15) is 61.2 Å². The van der Waals surface area contributed by atoms with Gasteiger partial charge >= 0.3 is 0 Å². The van der Waals surface area contributed by atoms with Crippen molar-refractivity contribution < 1.29 is 9.32 Å². The van der Waals surface area contributed by atoms with E-state index < -0.39 is 0 Å². The van der Waals surface area contributed by atoms with Crippen molar-refractivity contribution in [1.29, 1.82) is 0 Å². The molecule has 3 aliphatic rings. The molecule has 138 valence electrons. The third-order valence-electron chi connectivity index (χ3n) is 6.06. The molecule has 0 aromatic carbocycles. The second-order valence-corrected chi connectivity index (χ2v) is 8.19. The summed E-state index contributed by atoms with van der Waals surface area (Å²) in [5.74, 6) is 2.61. The van der Waals surface area contributed by atoms with Gasteiger partial charge in [-0.05, 0) is 63.6 Å². The quantitative estimate of drug-likeness (QED) is 0.824. The van der Waals surface area contributed by atoms with Crippen LogP contribution in [-0.2, 0) is 0 Å². The number of carbonyl (C=O) groups is 1. The smallest absolute Gasteiger partial charge is 0.273 e. The third-order valence-corrected chi connectivity index (χ3v) is 6.06. The Morgan fingerprint density at radius 1 is 1.32 bits per heavy atom. The number of aromatic nitrogens is 1. The molecule has 0 spiro atoms. The van der Waals surface area contributed by atoms with Crippen LogP contribution in [-0.4, -0.2) is 54.7 Å². The van der Waals surface area contributed by atoms with E-state index in [1.54, 1.807) is 0 Å². The van der Waals surface area contributed by atoms with Gasteiger partial charge in [0.1, 0.15) is 5.76 Å². The standard InChI is InChI=1S/C19H30N4O2/c1-13-11-23(9-6-14-4-7-20-8-5-14)12-17(13)21-19(24)16-10-18(25-22-16)15-2-3-15/h10,13-15,17,20H,2-9,11-12H2,1H3,(H,21,24)/t13-,17-/m0/s1. The van der Waals surface area contributed by atoms with Gasteiger partial charge in [0.15, 0.2) is 5.69 Å². The van der Waals surface area contributed by atoms with E-state index >= 15 is 0 Å². The maximum Gasteiger partial charge on any atom is 0.273 e. The predicted molar refractivity (Wildman–Crippen MR) is 95.5 cm³/mol. The van der Waals surface area contributed by atoms with Gasteiger partial charge in [-0.1, -0.05) is 12.1 Å². The first-order chi connectivity index (χ1) is 12.2. The predicted octanol–water partition coefficient (Wildman–Crippen LogP) is 1.99. The molecule has 1 aromatic heterocycles. The van der Waals surface area contributed by atoms with Crippen LogP contribution in [0.25, 0.3) is 0 Å². The molecule has 4 rings (SSSR count). The minimum atomic E-state index is -0.0901. The summed E-state index contributed by atoms with van der Waals surface area (Å²) in [4.78, 5) is 15.0. The second kappa shape index (κ2) is 7.46. The molecule has 0 unspecified atom stereocenters. The van der Waals surface area contributed by atoms with Crippen molar-refractivity contribution in [2.75, 3.05) is 32.7 Å². The van der Waals surface area contributed by atoms with Crippen molar-refractivity contribution in [2.24, 2.45) is 11.8 Å². The zero-order valence-electron chi connectivity index (χ0n) is 15.2. The number of amides is 1. The summed E-state index contributed by atoms with van der Waals surface area (Å²) in [6.45, 7) is 7.74. The number of hydrogen-bond donors (Lipinski definition) is 2. The molecule has 0 radical (unpaired) electrons. The maximum atomic E-state index is 12.5. The second-order valence-electron chi connectivity index (χ2n) is 8.19. The van der Waals surface area contributed by atoms with Gasteiger partial charge in [-0.3, -0.25) is 4.79 Å². The highest BCUT2D eigenvalue weighted by Crippen LogP contribution is 2.40. The van der Waals surface area contributed by atoms with Crippen LogP contribution in [0.15, 0.2) is 10.6 Å². The van der Waals surface area contributed by atoms with Crippen molar-refractivity contribution >= 4 is 5.91 Å². The molecular formula is C19H30N4O2. The van der Waals surface area contributed by atoms with Crippen LogP contribution in [0.5, 0.6) is 0 Å². The van der Waals surface area contributed by atoms with Crippen LogP contribution in [0.3, 0.4) is 0 Å². The lowest BCUT2D eigenvalue weighted by molar-refractivity contribution is 0.0922. The Morgan fingerprint density at radius 2 is 2.12 bits per heavy atom. The minimum absolute atomic E-state index is 0.0901. The molecule has 0 bridgehead atoms. The van der Waals surface area contributed by atoms with Gasteiger partial charge in [-0.25, -0.2) is 0 Å². The Hall–Kier alpha value is -1.40. The van der Waals surface area contributed by atoms with Crippen LogP contribution in [0.2, 0.25) is 0 Å². The molecule has 2 saturated heterocycles. The first-order valence-corrected chi connectivity index (χ1v) is 9.89. The monoisotopic (exact) mass is 346 g/mol. The van der Waals surface area contributed by atoms with Crippen LogP contribution in [0.4, 0.5) is 0 Å². The van der Waals surface area contributed by atoms with Crippen molar-refractivity contribution in [3.05, 3.63) is 17.5 Å². The number of nitrogens with one attached hydrogen (secondary N) is 2. The number of likely N-dealkylation sites (tertiary alicyclic amines) is 1. The fourth-order valence-electron chi connectivity index (χ4n) is 4.17. The number of piperidine rings is 1. The molecule has 6 nitrogen and oxygen atoms in total. The Bertz CT molecular complexity index is 592. The first kappa shape index (κ1) is 17.0. The Morgan fingerprint density at radius 3 is 2.88 bits per heavy atom. The zero-order valence-corrected chi connectivity index (χ0v) is 15.2. The Balaban J connectivity index is 1.25. The maximum absolute atomic E-state index is 12.5. The molecule has 2 aliphatic heterocycles.